The SMILES string of the molecule is CC(C)[C@@H](C(=O)O)N(Cc1ccccc1)S(=O)(=O)c1ccccc1[N+](=O)[O-]. The molecule has 0 aromatic heterocycles. The number of carboxylic acids is 1. The highest BCUT2D eigenvalue weighted by atomic mass is 32.2. The van der Waals surface area contributed by atoms with E-state index in [1.807, 2.05) is 0 Å². The van der Waals surface area contributed by atoms with E-state index >= 15 is 0 Å². The lowest BCUT2D eigenvalue weighted by Gasteiger charge is -2.30. The van der Waals surface area contributed by atoms with E-state index in [0.29, 0.717) is 5.56 Å². The van der Waals surface area contributed by atoms with Gasteiger partial charge in [0.25, 0.3) is 15.7 Å². The molecule has 2 aromatic carbocycles. The summed E-state index contributed by atoms with van der Waals surface area (Å²) in [5.74, 6) is -1.87. The zero-order valence-electron chi connectivity index (χ0n) is 14.8. The topological polar surface area (TPSA) is 118 Å². The van der Waals surface area contributed by atoms with Crippen molar-refractivity contribution >= 4 is 21.7 Å². The summed E-state index contributed by atoms with van der Waals surface area (Å²) in [7, 11) is -4.45. The number of carboxylic acid groups (broad SMARTS) is 1. The summed E-state index contributed by atoms with van der Waals surface area (Å²) in [4.78, 5) is 21.8. The number of aliphatic carboxylic acids is 1. The fourth-order valence-corrected chi connectivity index (χ4v) is 4.65. The molecule has 1 atom stereocenters. The minimum atomic E-state index is -4.45. The Labute approximate surface area is 157 Å². The van der Waals surface area contributed by atoms with E-state index in [1.54, 1.807) is 44.2 Å². The summed E-state index contributed by atoms with van der Waals surface area (Å²) in [5, 5.41) is 20.9. The lowest BCUT2D eigenvalue weighted by Crippen LogP contribution is -2.47. The van der Waals surface area contributed by atoms with E-state index in [0.717, 1.165) is 16.4 Å². The average Bonchev–Trinajstić information content (AvgIpc) is 2.61. The van der Waals surface area contributed by atoms with Gasteiger partial charge < -0.3 is 5.11 Å². The van der Waals surface area contributed by atoms with Crippen LogP contribution in [0.2, 0.25) is 0 Å². The number of nitrogens with zero attached hydrogens (tertiary/aromatic N) is 2. The van der Waals surface area contributed by atoms with Crippen molar-refractivity contribution in [2.24, 2.45) is 5.92 Å². The molecule has 0 fully saturated rings. The molecule has 0 saturated carbocycles. The third-order valence-corrected chi connectivity index (χ3v) is 5.90. The van der Waals surface area contributed by atoms with Gasteiger partial charge >= 0.3 is 5.97 Å². The van der Waals surface area contributed by atoms with Crippen LogP contribution in [0.4, 0.5) is 5.69 Å². The van der Waals surface area contributed by atoms with Crippen LogP contribution in [0.3, 0.4) is 0 Å². The molecule has 0 unspecified atom stereocenters. The number of para-hydroxylation sites is 1. The third kappa shape index (κ3) is 4.50. The number of rotatable bonds is 8. The van der Waals surface area contributed by atoms with Crippen molar-refractivity contribution < 1.29 is 23.2 Å². The summed E-state index contributed by atoms with van der Waals surface area (Å²) in [6.07, 6.45) is 0. The lowest BCUT2D eigenvalue weighted by molar-refractivity contribution is -0.387. The van der Waals surface area contributed by atoms with E-state index < -0.39 is 43.5 Å². The summed E-state index contributed by atoms with van der Waals surface area (Å²) >= 11 is 0. The van der Waals surface area contributed by atoms with Crippen molar-refractivity contribution in [3.05, 3.63) is 70.3 Å². The molecule has 0 radical (unpaired) electrons. The molecule has 2 rings (SSSR count). The molecule has 0 aliphatic heterocycles. The first-order valence-electron chi connectivity index (χ1n) is 8.18. The summed E-state index contributed by atoms with van der Waals surface area (Å²) < 4.78 is 27.4. The fourth-order valence-electron chi connectivity index (χ4n) is 2.79. The highest BCUT2D eigenvalue weighted by Crippen LogP contribution is 2.30. The number of hydrogen-bond donors (Lipinski definition) is 1. The lowest BCUT2D eigenvalue weighted by atomic mass is 10.0. The van der Waals surface area contributed by atoms with Crippen LogP contribution in [-0.4, -0.2) is 34.8 Å². The molecule has 27 heavy (non-hydrogen) atoms. The molecule has 0 amide bonds. The molecule has 0 aliphatic rings. The second kappa shape index (κ2) is 8.28. The van der Waals surface area contributed by atoms with Gasteiger partial charge in [0, 0.05) is 12.6 Å². The van der Waals surface area contributed by atoms with E-state index in [-0.39, 0.29) is 6.54 Å². The van der Waals surface area contributed by atoms with Gasteiger partial charge in [-0.1, -0.05) is 56.3 Å². The van der Waals surface area contributed by atoms with Crippen LogP contribution in [-0.2, 0) is 21.4 Å². The van der Waals surface area contributed by atoms with Crippen LogP contribution in [0.1, 0.15) is 19.4 Å². The molecular formula is C18H20N2O6S. The first-order chi connectivity index (χ1) is 12.7. The number of carbonyl (C=O) groups is 1. The number of benzene rings is 2. The van der Waals surface area contributed by atoms with Crippen LogP contribution in [0.5, 0.6) is 0 Å². The minimum absolute atomic E-state index is 0.218. The predicted molar refractivity (Wildman–Crippen MR) is 98.5 cm³/mol. The Morgan fingerprint density at radius 3 is 2.19 bits per heavy atom. The van der Waals surface area contributed by atoms with Gasteiger partial charge in [-0.3, -0.25) is 14.9 Å². The standard InChI is InChI=1S/C18H20N2O6S/c1-13(2)17(18(21)22)19(12-14-8-4-3-5-9-14)27(25,26)16-11-7-6-10-15(16)20(23)24/h3-11,13,17H,12H2,1-2H3,(H,21,22)/t17-/m0/s1. The quantitative estimate of drug-likeness (QED) is 0.545. The van der Waals surface area contributed by atoms with Gasteiger partial charge in [-0.2, -0.15) is 4.31 Å². The average molecular weight is 392 g/mol. The van der Waals surface area contributed by atoms with Crippen molar-refractivity contribution in [3.8, 4) is 0 Å². The first-order valence-corrected chi connectivity index (χ1v) is 9.62. The predicted octanol–water partition coefficient (Wildman–Crippen LogP) is 2.89. The normalized spacial score (nSPS) is 12.9. The Hall–Kier alpha value is -2.78. The molecule has 8 nitrogen and oxygen atoms in total. The van der Waals surface area contributed by atoms with E-state index in [9.17, 15) is 28.4 Å². The van der Waals surface area contributed by atoms with Crippen LogP contribution in [0.15, 0.2) is 59.5 Å². The van der Waals surface area contributed by atoms with Crippen molar-refractivity contribution in [2.45, 2.75) is 31.3 Å². The highest BCUT2D eigenvalue weighted by molar-refractivity contribution is 7.89. The number of nitro benzene ring substituents is 1. The van der Waals surface area contributed by atoms with Crippen LogP contribution < -0.4 is 0 Å². The summed E-state index contributed by atoms with van der Waals surface area (Å²) in [6.45, 7) is 2.96. The molecule has 0 saturated heterocycles. The zero-order valence-corrected chi connectivity index (χ0v) is 15.7. The van der Waals surface area contributed by atoms with Crippen LogP contribution in [0.25, 0.3) is 0 Å². The Kier molecular flexibility index (Phi) is 6.29. The van der Waals surface area contributed by atoms with E-state index in [4.69, 9.17) is 0 Å². The summed E-state index contributed by atoms with van der Waals surface area (Å²) in [6, 6.07) is 12.0. The molecule has 0 spiro atoms. The Balaban J connectivity index is 2.65. The molecule has 9 heteroatoms. The monoisotopic (exact) mass is 392 g/mol. The second-order valence-electron chi connectivity index (χ2n) is 6.29. The smallest absolute Gasteiger partial charge is 0.322 e. The fraction of sp³-hybridized carbons (Fsp3) is 0.278. The molecule has 0 heterocycles. The number of hydrogen-bond acceptors (Lipinski definition) is 5. The molecule has 1 N–H and O–H groups in total. The van der Waals surface area contributed by atoms with Crippen molar-refractivity contribution in [3.63, 3.8) is 0 Å². The third-order valence-electron chi connectivity index (χ3n) is 4.02. The van der Waals surface area contributed by atoms with Crippen molar-refractivity contribution in [2.75, 3.05) is 0 Å². The van der Waals surface area contributed by atoms with Crippen LogP contribution in [0, 0.1) is 16.0 Å². The summed E-state index contributed by atoms with van der Waals surface area (Å²) in [5.41, 5.74) is -0.0185. The Bertz CT molecular complexity index is 928. The van der Waals surface area contributed by atoms with Gasteiger partial charge in [0.15, 0.2) is 4.90 Å². The maximum atomic E-state index is 13.3. The minimum Gasteiger partial charge on any atom is -0.480 e. The Morgan fingerprint density at radius 2 is 1.67 bits per heavy atom. The van der Waals surface area contributed by atoms with Gasteiger partial charge in [-0.25, -0.2) is 8.42 Å². The van der Waals surface area contributed by atoms with E-state index in [1.165, 1.54) is 12.1 Å². The van der Waals surface area contributed by atoms with Gasteiger partial charge in [0.2, 0.25) is 0 Å². The van der Waals surface area contributed by atoms with Crippen molar-refractivity contribution in [1.29, 1.82) is 0 Å². The van der Waals surface area contributed by atoms with Crippen LogP contribution >= 0.6 is 0 Å². The maximum absolute atomic E-state index is 13.3. The van der Waals surface area contributed by atoms with Gasteiger partial charge in [-0.15, -0.1) is 0 Å². The molecule has 0 aliphatic carbocycles. The molecule has 0 bridgehead atoms. The Morgan fingerprint density at radius 1 is 1.11 bits per heavy atom. The van der Waals surface area contributed by atoms with Crippen molar-refractivity contribution in [1.82, 2.24) is 4.31 Å². The van der Waals surface area contributed by atoms with Gasteiger partial charge in [-0.05, 0) is 17.5 Å². The number of nitro groups is 1. The first kappa shape index (κ1) is 20.5. The molecule has 2 aromatic rings. The van der Waals surface area contributed by atoms with Gasteiger partial charge in [0.05, 0.1) is 4.92 Å². The number of sulfonamides is 1. The highest BCUT2D eigenvalue weighted by Gasteiger charge is 2.40. The molecule has 144 valence electrons. The second-order valence-corrected chi connectivity index (χ2v) is 8.15. The van der Waals surface area contributed by atoms with E-state index in [2.05, 4.69) is 0 Å². The zero-order chi connectivity index (χ0) is 20.2. The largest absolute Gasteiger partial charge is 0.480 e. The van der Waals surface area contributed by atoms with Gasteiger partial charge in [0.1, 0.15) is 6.04 Å². The maximum Gasteiger partial charge on any atom is 0.322 e. The molecular weight excluding hydrogens is 372 g/mol.